The Kier molecular flexibility index (Phi) is 5.17. The van der Waals surface area contributed by atoms with Gasteiger partial charge in [-0.1, -0.05) is 41.4 Å². The molecule has 0 heterocycles. The molecule has 0 aliphatic heterocycles. The molecule has 0 radical (unpaired) electrons. The maximum Gasteiger partial charge on any atom is 0.258 e. The molecule has 0 unspecified atom stereocenters. The summed E-state index contributed by atoms with van der Waals surface area (Å²) in [6.45, 7) is 0. The van der Waals surface area contributed by atoms with Crippen LogP contribution in [0.4, 0.5) is 5.69 Å². The first-order chi connectivity index (χ1) is 9.99. The first-order valence-electron chi connectivity index (χ1n) is 6.08. The Labute approximate surface area is 138 Å². The number of hydrogen-bond donors (Lipinski definition) is 1. The molecule has 2 rings (SSSR count). The molecule has 21 heavy (non-hydrogen) atoms. The number of carbonyl (C=O) groups is 1. The van der Waals surface area contributed by atoms with Crippen molar-refractivity contribution < 1.29 is 4.79 Å². The van der Waals surface area contributed by atoms with Crippen LogP contribution in [0.2, 0.25) is 10.0 Å². The number of carbonyl (C=O) groups excluding carboxylic acids is 1. The molecule has 1 N–H and O–H groups in total. The SMILES string of the molecule is CN(C(=S)NC(=O)c1ccc(Cl)cc1Cl)c1ccccc1. The number of amides is 1. The van der Waals surface area contributed by atoms with Crippen LogP contribution in [-0.4, -0.2) is 18.1 Å². The summed E-state index contributed by atoms with van der Waals surface area (Å²) in [7, 11) is 1.78. The van der Waals surface area contributed by atoms with Gasteiger partial charge < -0.3 is 4.90 Å². The van der Waals surface area contributed by atoms with Gasteiger partial charge in [0.05, 0.1) is 10.6 Å². The van der Waals surface area contributed by atoms with Gasteiger partial charge in [-0.3, -0.25) is 10.1 Å². The van der Waals surface area contributed by atoms with Gasteiger partial charge in [0.1, 0.15) is 0 Å². The third kappa shape index (κ3) is 3.94. The maximum absolute atomic E-state index is 12.2. The minimum Gasteiger partial charge on any atom is -0.322 e. The summed E-state index contributed by atoms with van der Waals surface area (Å²) in [5.74, 6) is -0.371. The van der Waals surface area contributed by atoms with Gasteiger partial charge in [-0.25, -0.2) is 0 Å². The average Bonchev–Trinajstić information content (AvgIpc) is 2.47. The summed E-state index contributed by atoms with van der Waals surface area (Å²) in [6, 6.07) is 14.2. The van der Waals surface area contributed by atoms with Crippen molar-refractivity contribution in [2.24, 2.45) is 0 Å². The maximum atomic E-state index is 12.2. The van der Waals surface area contributed by atoms with E-state index in [1.165, 1.54) is 6.07 Å². The second-order valence-corrected chi connectivity index (χ2v) is 5.51. The molecule has 0 atom stereocenters. The van der Waals surface area contributed by atoms with Gasteiger partial charge in [-0.15, -0.1) is 0 Å². The number of thiocarbonyl (C=S) groups is 1. The molecule has 2 aromatic rings. The van der Waals surface area contributed by atoms with Crippen LogP contribution in [-0.2, 0) is 0 Å². The number of benzene rings is 2. The third-order valence-corrected chi connectivity index (χ3v) is 3.77. The van der Waals surface area contributed by atoms with E-state index in [4.69, 9.17) is 35.4 Å². The number of halogens is 2. The van der Waals surface area contributed by atoms with Crippen molar-refractivity contribution in [2.75, 3.05) is 11.9 Å². The van der Waals surface area contributed by atoms with Gasteiger partial charge in [0.15, 0.2) is 5.11 Å². The smallest absolute Gasteiger partial charge is 0.258 e. The number of para-hydroxylation sites is 1. The summed E-state index contributed by atoms with van der Waals surface area (Å²) in [4.78, 5) is 13.9. The van der Waals surface area contributed by atoms with E-state index in [9.17, 15) is 4.79 Å². The zero-order chi connectivity index (χ0) is 15.4. The number of rotatable bonds is 2. The Balaban J connectivity index is 2.10. The van der Waals surface area contributed by atoms with Crippen molar-refractivity contribution in [3.8, 4) is 0 Å². The molecule has 6 heteroatoms. The van der Waals surface area contributed by atoms with Crippen LogP contribution in [0.15, 0.2) is 48.5 Å². The Bertz CT molecular complexity index is 677. The van der Waals surface area contributed by atoms with Gasteiger partial charge in [0, 0.05) is 17.8 Å². The molecule has 3 nitrogen and oxygen atoms in total. The summed E-state index contributed by atoms with van der Waals surface area (Å²) in [6.07, 6.45) is 0. The van der Waals surface area contributed by atoms with Crippen molar-refractivity contribution >= 4 is 52.1 Å². The Morgan fingerprint density at radius 2 is 1.81 bits per heavy atom. The van der Waals surface area contributed by atoms with Gasteiger partial charge in [-0.05, 0) is 42.5 Å². The lowest BCUT2D eigenvalue weighted by molar-refractivity contribution is 0.0977. The van der Waals surface area contributed by atoms with Crippen LogP contribution in [0.25, 0.3) is 0 Å². The van der Waals surface area contributed by atoms with Gasteiger partial charge >= 0.3 is 0 Å². The minimum absolute atomic E-state index is 0.283. The molecule has 0 spiro atoms. The predicted octanol–water partition coefficient (Wildman–Crippen LogP) is 4.14. The number of nitrogens with zero attached hydrogens (tertiary/aromatic N) is 1. The van der Waals surface area contributed by atoms with Crippen LogP contribution in [0.3, 0.4) is 0 Å². The highest BCUT2D eigenvalue weighted by Crippen LogP contribution is 2.21. The normalized spacial score (nSPS) is 10.0. The fraction of sp³-hybridized carbons (Fsp3) is 0.0667. The summed E-state index contributed by atoms with van der Waals surface area (Å²) < 4.78 is 0. The monoisotopic (exact) mass is 338 g/mol. The fourth-order valence-electron chi connectivity index (χ4n) is 1.69. The molecule has 0 bridgehead atoms. The van der Waals surface area contributed by atoms with Gasteiger partial charge in [-0.2, -0.15) is 0 Å². The molecule has 0 saturated carbocycles. The lowest BCUT2D eigenvalue weighted by atomic mass is 10.2. The molecular formula is C15H12Cl2N2OS. The molecule has 1 amide bonds. The zero-order valence-corrected chi connectivity index (χ0v) is 13.5. The van der Waals surface area contributed by atoms with E-state index in [0.29, 0.717) is 10.6 Å². The number of hydrogen-bond acceptors (Lipinski definition) is 2. The van der Waals surface area contributed by atoms with Crippen LogP contribution in [0.5, 0.6) is 0 Å². The first-order valence-corrected chi connectivity index (χ1v) is 7.24. The second-order valence-electron chi connectivity index (χ2n) is 4.28. The van der Waals surface area contributed by atoms with Gasteiger partial charge in [0.2, 0.25) is 0 Å². The Hall–Kier alpha value is -1.62. The topological polar surface area (TPSA) is 32.3 Å². The van der Waals surface area contributed by atoms with Crippen molar-refractivity contribution in [3.63, 3.8) is 0 Å². The Morgan fingerprint density at radius 3 is 2.43 bits per heavy atom. The van der Waals surface area contributed by atoms with Crippen molar-refractivity contribution in [1.29, 1.82) is 0 Å². The molecule has 2 aromatic carbocycles. The van der Waals surface area contributed by atoms with Crippen molar-refractivity contribution in [2.45, 2.75) is 0 Å². The van der Waals surface area contributed by atoms with Gasteiger partial charge in [0.25, 0.3) is 5.91 Å². The molecule has 0 aliphatic rings. The van der Waals surface area contributed by atoms with E-state index in [1.54, 1.807) is 24.1 Å². The highest BCUT2D eigenvalue weighted by Gasteiger charge is 2.14. The van der Waals surface area contributed by atoms with Crippen LogP contribution >= 0.6 is 35.4 Å². The summed E-state index contributed by atoms with van der Waals surface area (Å²) >= 11 is 17.0. The van der Waals surface area contributed by atoms with E-state index in [0.717, 1.165) is 5.69 Å². The fourth-order valence-corrected chi connectivity index (χ4v) is 2.38. The quantitative estimate of drug-likeness (QED) is 0.835. The summed E-state index contributed by atoms with van der Waals surface area (Å²) in [5.41, 5.74) is 1.20. The standard InChI is InChI=1S/C15H12Cl2N2OS/c1-19(11-5-3-2-4-6-11)15(21)18-14(20)12-8-7-10(16)9-13(12)17/h2-9H,1H3,(H,18,20,21). The molecule has 0 aliphatic carbocycles. The van der Waals surface area contributed by atoms with Crippen molar-refractivity contribution in [1.82, 2.24) is 5.32 Å². The molecule has 0 saturated heterocycles. The molecular weight excluding hydrogens is 327 g/mol. The predicted molar refractivity (Wildman–Crippen MR) is 91.4 cm³/mol. The first kappa shape index (κ1) is 15.8. The van der Waals surface area contributed by atoms with E-state index in [1.807, 2.05) is 30.3 Å². The Morgan fingerprint density at radius 1 is 1.14 bits per heavy atom. The lowest BCUT2D eigenvalue weighted by Gasteiger charge is -2.20. The van der Waals surface area contributed by atoms with E-state index in [-0.39, 0.29) is 16.0 Å². The largest absolute Gasteiger partial charge is 0.322 e. The van der Waals surface area contributed by atoms with E-state index in [2.05, 4.69) is 5.32 Å². The number of nitrogens with one attached hydrogen (secondary N) is 1. The lowest BCUT2D eigenvalue weighted by Crippen LogP contribution is -2.40. The molecule has 0 aromatic heterocycles. The highest BCUT2D eigenvalue weighted by molar-refractivity contribution is 7.80. The minimum atomic E-state index is -0.371. The molecule has 108 valence electrons. The highest BCUT2D eigenvalue weighted by atomic mass is 35.5. The zero-order valence-electron chi connectivity index (χ0n) is 11.1. The average molecular weight is 339 g/mol. The van der Waals surface area contributed by atoms with Crippen molar-refractivity contribution in [3.05, 3.63) is 64.1 Å². The third-order valence-electron chi connectivity index (χ3n) is 2.84. The molecule has 0 fully saturated rings. The van der Waals surface area contributed by atoms with Crippen LogP contribution in [0.1, 0.15) is 10.4 Å². The van der Waals surface area contributed by atoms with E-state index >= 15 is 0 Å². The van der Waals surface area contributed by atoms with E-state index < -0.39 is 0 Å². The number of anilines is 1. The second kappa shape index (κ2) is 6.89. The summed E-state index contributed by atoms with van der Waals surface area (Å²) in [5, 5.41) is 3.69. The van der Waals surface area contributed by atoms with Crippen LogP contribution in [0, 0.1) is 0 Å². The van der Waals surface area contributed by atoms with Crippen LogP contribution < -0.4 is 10.2 Å².